The molecule has 3 heterocycles. The number of nitrogens with zero attached hydrogens (tertiary/aromatic N) is 3. The van der Waals surface area contributed by atoms with Crippen LogP contribution in [0.25, 0.3) is 105 Å². The summed E-state index contributed by atoms with van der Waals surface area (Å²) in [4.78, 5) is 0. The lowest BCUT2D eigenvalue weighted by Gasteiger charge is -2.15. The highest BCUT2D eigenvalue weighted by Gasteiger charge is 2.23. The van der Waals surface area contributed by atoms with E-state index in [1.54, 1.807) is 9.13 Å². The molecule has 0 saturated carbocycles. The molecule has 0 unspecified atom stereocenters. The molecule has 0 aliphatic carbocycles. The Morgan fingerprint density at radius 3 is 1.60 bits per heavy atom. The molecule has 0 aliphatic rings. The van der Waals surface area contributed by atoms with Crippen molar-refractivity contribution in [1.82, 2.24) is 13.7 Å². The van der Waals surface area contributed by atoms with E-state index in [1.165, 1.54) is 0 Å². The molecule has 3 nitrogen and oxygen atoms in total. The van der Waals surface area contributed by atoms with Crippen molar-refractivity contribution in [1.29, 1.82) is 0 Å². The van der Waals surface area contributed by atoms with Crippen LogP contribution in [0, 0.1) is 0 Å². The van der Waals surface area contributed by atoms with Crippen LogP contribution in [0.1, 0.15) is 19.2 Å². The molecule has 3 heteroatoms. The Hall–Kier alpha value is -7.62. The molecular formula is C54H35N3. The zero-order valence-corrected chi connectivity index (χ0v) is 30.0. The number of benzene rings is 9. The Labute approximate surface area is 349 Å². The highest BCUT2D eigenvalue weighted by atomic mass is 15.0. The molecule has 0 fully saturated rings. The molecule has 0 radical (unpaired) electrons. The van der Waals surface area contributed by atoms with E-state index in [1.807, 2.05) is 121 Å². The van der Waals surface area contributed by atoms with Crippen molar-refractivity contribution >= 4 is 65.4 Å². The van der Waals surface area contributed by atoms with Gasteiger partial charge in [-0.15, -0.1) is 0 Å². The Bertz CT molecular complexity index is 4270. The lowest BCUT2D eigenvalue weighted by atomic mass is 9.97. The van der Waals surface area contributed by atoms with Crippen molar-refractivity contribution in [3.63, 3.8) is 0 Å². The van der Waals surface area contributed by atoms with Crippen LogP contribution in [0.3, 0.4) is 0 Å². The van der Waals surface area contributed by atoms with Crippen molar-refractivity contribution in [3.05, 3.63) is 212 Å². The number of hydrogen-bond acceptors (Lipinski definition) is 0. The third kappa shape index (κ3) is 4.66. The van der Waals surface area contributed by atoms with Gasteiger partial charge >= 0.3 is 0 Å². The van der Waals surface area contributed by atoms with Crippen molar-refractivity contribution in [2.75, 3.05) is 0 Å². The normalized spacial score (nSPS) is 15.3. The molecule has 0 saturated heterocycles. The molecular weight excluding hydrogens is 691 g/mol. The first-order chi connectivity index (χ1) is 34.1. The van der Waals surface area contributed by atoms with Crippen LogP contribution in [0.15, 0.2) is 212 Å². The van der Waals surface area contributed by atoms with Crippen molar-refractivity contribution < 1.29 is 19.2 Å². The zero-order valence-electron chi connectivity index (χ0n) is 44.0. The van der Waals surface area contributed by atoms with Crippen molar-refractivity contribution in [2.24, 2.45) is 0 Å². The monoisotopic (exact) mass is 739 g/mol. The van der Waals surface area contributed by atoms with Gasteiger partial charge in [-0.25, -0.2) is 0 Å². The summed E-state index contributed by atoms with van der Waals surface area (Å²) in [6, 6.07) is 33.6. The summed E-state index contributed by atoms with van der Waals surface area (Å²) in [5, 5.41) is 4.87. The number of para-hydroxylation sites is 5. The standard InChI is InChI=1S/C54H35N3/c1-3-16-36(17-4-1)37-30-32-39(33-31-37)55-48-27-13-9-22-44(48)52-42(24-15-29-50(52)55)40-20-7-12-26-47(40)57-49-28-14-10-23-45(49)53-51(57)35-34-43-41-21-8-11-25-46(41)56(54(43)53)38-18-5-2-6-19-38/h1-35H/i1D,2D,3D,4D,5D,6D,16D,17D,18D,19D,30D,31D,32D,33D. The van der Waals surface area contributed by atoms with Gasteiger partial charge in [0.05, 0.1) is 58.0 Å². The average Bonchev–Trinajstić information content (AvgIpc) is 4.03. The van der Waals surface area contributed by atoms with Gasteiger partial charge in [0.2, 0.25) is 0 Å². The maximum Gasteiger partial charge on any atom is 0.0645 e. The Morgan fingerprint density at radius 2 is 0.842 bits per heavy atom. The molecule has 266 valence electrons. The molecule has 0 amide bonds. The van der Waals surface area contributed by atoms with E-state index in [0.29, 0.717) is 22.1 Å². The second kappa shape index (κ2) is 12.5. The average molecular weight is 740 g/mol. The van der Waals surface area contributed by atoms with Crippen LogP contribution in [0.5, 0.6) is 0 Å². The molecule has 12 aromatic rings. The fourth-order valence-corrected chi connectivity index (χ4v) is 8.65. The molecule has 0 atom stereocenters. The van der Waals surface area contributed by atoms with Crippen molar-refractivity contribution in [2.45, 2.75) is 0 Å². The number of fused-ring (bicyclic) bond motifs is 10. The molecule has 57 heavy (non-hydrogen) atoms. The summed E-state index contributed by atoms with van der Waals surface area (Å²) in [5.74, 6) is 0. The van der Waals surface area contributed by atoms with E-state index >= 15 is 0 Å². The molecule has 0 bridgehead atoms. The van der Waals surface area contributed by atoms with Gasteiger partial charge in [0.25, 0.3) is 0 Å². The minimum atomic E-state index is -0.650. The van der Waals surface area contributed by atoms with Gasteiger partial charge in [-0.1, -0.05) is 151 Å². The zero-order chi connectivity index (χ0) is 49.6. The second-order valence-electron chi connectivity index (χ2n) is 13.8. The first kappa shape index (κ1) is 20.9. The van der Waals surface area contributed by atoms with E-state index < -0.39 is 83.6 Å². The fourth-order valence-electron chi connectivity index (χ4n) is 8.65. The van der Waals surface area contributed by atoms with Gasteiger partial charge in [-0.05, 0) is 77.3 Å². The molecule has 0 spiro atoms. The van der Waals surface area contributed by atoms with E-state index in [9.17, 15) is 5.48 Å². The summed E-state index contributed by atoms with van der Waals surface area (Å²) >= 11 is 0. The van der Waals surface area contributed by atoms with Gasteiger partial charge in [0.1, 0.15) is 0 Å². The van der Waals surface area contributed by atoms with Gasteiger partial charge in [-0.3, -0.25) is 0 Å². The van der Waals surface area contributed by atoms with Gasteiger partial charge in [0.15, 0.2) is 0 Å². The summed E-state index contributed by atoms with van der Waals surface area (Å²) in [6.45, 7) is 0. The number of rotatable bonds is 5. The molecule has 0 aliphatic heterocycles. The molecule has 3 aromatic heterocycles. The molecule has 9 aromatic carbocycles. The lowest BCUT2D eigenvalue weighted by molar-refractivity contribution is 1.17. The second-order valence-corrected chi connectivity index (χ2v) is 13.8. The topological polar surface area (TPSA) is 14.8 Å². The third-order valence-corrected chi connectivity index (χ3v) is 10.9. The number of hydrogen-bond donors (Lipinski definition) is 0. The summed E-state index contributed by atoms with van der Waals surface area (Å²) in [7, 11) is 0. The van der Waals surface area contributed by atoms with Crippen LogP contribution in [0.2, 0.25) is 0 Å². The highest BCUT2D eigenvalue weighted by molar-refractivity contribution is 6.26. The predicted octanol–water partition coefficient (Wildman–Crippen LogP) is 14.3. The Balaban J connectivity index is 1.14. The minimum absolute atomic E-state index is 0.0421. The van der Waals surface area contributed by atoms with Gasteiger partial charge < -0.3 is 13.7 Å². The smallest absolute Gasteiger partial charge is 0.0645 e. The minimum Gasteiger partial charge on any atom is -0.309 e. The first-order valence-electron chi connectivity index (χ1n) is 25.5. The quantitative estimate of drug-likeness (QED) is 0.167. The third-order valence-electron chi connectivity index (χ3n) is 10.9. The Morgan fingerprint density at radius 1 is 0.316 bits per heavy atom. The maximum absolute atomic E-state index is 9.44. The fraction of sp³-hybridized carbons (Fsp3) is 0. The van der Waals surface area contributed by atoms with E-state index in [-0.39, 0.29) is 23.5 Å². The lowest BCUT2D eigenvalue weighted by Crippen LogP contribution is -1.98. The highest BCUT2D eigenvalue weighted by Crippen LogP contribution is 2.45. The largest absolute Gasteiger partial charge is 0.309 e. The summed E-state index contributed by atoms with van der Waals surface area (Å²) in [5.41, 5.74) is 5.70. The Kier molecular flexibility index (Phi) is 4.57. The summed E-state index contributed by atoms with van der Waals surface area (Å²) < 4.78 is 129. The van der Waals surface area contributed by atoms with E-state index in [2.05, 4.69) is 10.6 Å². The first-order valence-corrected chi connectivity index (χ1v) is 18.5. The predicted molar refractivity (Wildman–Crippen MR) is 240 cm³/mol. The summed E-state index contributed by atoms with van der Waals surface area (Å²) in [6.07, 6.45) is 0. The van der Waals surface area contributed by atoms with Crippen LogP contribution in [-0.2, 0) is 0 Å². The van der Waals surface area contributed by atoms with Gasteiger partial charge in [0, 0.05) is 49.3 Å². The number of aromatic nitrogens is 3. The van der Waals surface area contributed by atoms with E-state index in [0.717, 1.165) is 60.2 Å². The SMILES string of the molecule is [2H]c1c([2H])c([2H])c(-c2c([2H])c([2H])c(-n3c4ccccc4c4c(-c5ccccc5-n5c6ccccc6c6c5ccc5c7ccccc7n(-c7c([2H])c([2H])c([2H])c([2H])c7[2H])c56)cccc43)c([2H])c2[2H])c([2H])c1[2H]. The van der Waals surface area contributed by atoms with Crippen LogP contribution in [-0.4, -0.2) is 13.7 Å². The van der Waals surface area contributed by atoms with Crippen molar-refractivity contribution in [3.8, 4) is 39.3 Å². The van der Waals surface area contributed by atoms with E-state index in [4.69, 9.17) is 13.7 Å². The molecule has 0 N–H and O–H groups in total. The maximum atomic E-state index is 9.44. The molecule has 12 rings (SSSR count). The van der Waals surface area contributed by atoms with Crippen LogP contribution < -0.4 is 0 Å². The van der Waals surface area contributed by atoms with Gasteiger partial charge in [-0.2, -0.15) is 0 Å². The van der Waals surface area contributed by atoms with Crippen LogP contribution in [0.4, 0.5) is 0 Å². The van der Waals surface area contributed by atoms with Crippen LogP contribution >= 0.6 is 0 Å².